The second kappa shape index (κ2) is 8.44. The molecule has 0 aliphatic heterocycles. The van der Waals surface area contributed by atoms with Crippen molar-refractivity contribution in [3.05, 3.63) is 0 Å². The van der Waals surface area contributed by atoms with Gasteiger partial charge in [-0.15, -0.1) is 0 Å². The lowest BCUT2D eigenvalue weighted by atomic mass is 10.3. The number of hydrogen-bond donors (Lipinski definition) is 3. The number of hydrogen-bond acceptors (Lipinski definition) is 8. The van der Waals surface area contributed by atoms with E-state index < -0.39 is 0 Å². The van der Waals surface area contributed by atoms with E-state index in [0.29, 0.717) is 25.7 Å². The molecule has 1 heterocycles. The molecule has 1 aromatic rings. The first-order chi connectivity index (χ1) is 9.15. The van der Waals surface area contributed by atoms with Crippen molar-refractivity contribution in [2.75, 3.05) is 36.5 Å². The van der Waals surface area contributed by atoms with Crippen LogP contribution in [0, 0.1) is 0 Å². The molecular formula is C11H22N6O2. The molecule has 1 aromatic heterocycles. The number of nitrogen functional groups attached to an aromatic ring is 2. The smallest absolute Gasteiger partial charge is 0.229 e. The molecule has 0 fully saturated rings. The van der Waals surface area contributed by atoms with Crippen molar-refractivity contribution in [2.45, 2.75) is 33.0 Å². The Morgan fingerprint density at radius 1 is 1.05 bits per heavy atom. The SMILES string of the molecule is CCOC(CCCNc1nc(N)nc(N)n1)OCC. The highest BCUT2D eigenvalue weighted by molar-refractivity contribution is 5.36. The molecule has 0 saturated heterocycles. The molecule has 0 unspecified atom stereocenters. The molecule has 0 aliphatic carbocycles. The molecule has 19 heavy (non-hydrogen) atoms. The minimum atomic E-state index is -0.162. The Labute approximate surface area is 112 Å². The van der Waals surface area contributed by atoms with Gasteiger partial charge in [-0.2, -0.15) is 15.0 Å². The molecule has 0 aliphatic rings. The third kappa shape index (κ3) is 6.16. The maximum atomic E-state index is 5.47. The van der Waals surface area contributed by atoms with Crippen molar-refractivity contribution >= 4 is 17.8 Å². The summed E-state index contributed by atoms with van der Waals surface area (Å²) in [6.07, 6.45) is 1.49. The number of aromatic nitrogens is 3. The molecule has 0 amide bonds. The number of rotatable bonds is 9. The van der Waals surface area contributed by atoms with E-state index in [2.05, 4.69) is 20.3 Å². The highest BCUT2D eigenvalue weighted by atomic mass is 16.7. The Morgan fingerprint density at radius 3 is 2.16 bits per heavy atom. The second-order valence-electron chi connectivity index (χ2n) is 3.78. The van der Waals surface area contributed by atoms with Crippen LogP contribution in [0.25, 0.3) is 0 Å². The average molecular weight is 270 g/mol. The summed E-state index contributed by atoms with van der Waals surface area (Å²) in [6.45, 7) is 5.85. The lowest BCUT2D eigenvalue weighted by molar-refractivity contribution is -0.139. The first kappa shape index (κ1) is 15.4. The minimum Gasteiger partial charge on any atom is -0.368 e. The zero-order chi connectivity index (χ0) is 14.1. The third-order valence-electron chi connectivity index (χ3n) is 2.27. The van der Waals surface area contributed by atoms with Crippen LogP contribution in [0.3, 0.4) is 0 Å². The maximum absolute atomic E-state index is 5.47. The quantitative estimate of drug-likeness (QED) is 0.441. The predicted molar refractivity (Wildman–Crippen MR) is 73.4 cm³/mol. The fourth-order valence-corrected chi connectivity index (χ4v) is 1.54. The molecule has 0 bridgehead atoms. The summed E-state index contributed by atoms with van der Waals surface area (Å²) in [5.74, 6) is 0.599. The molecule has 8 heteroatoms. The zero-order valence-electron chi connectivity index (χ0n) is 11.4. The maximum Gasteiger partial charge on any atom is 0.229 e. The van der Waals surface area contributed by atoms with Crippen molar-refractivity contribution in [1.29, 1.82) is 0 Å². The topological polar surface area (TPSA) is 121 Å². The normalized spacial score (nSPS) is 10.9. The van der Waals surface area contributed by atoms with Crippen molar-refractivity contribution in [3.8, 4) is 0 Å². The second-order valence-corrected chi connectivity index (χ2v) is 3.78. The Bertz CT molecular complexity index is 350. The lowest BCUT2D eigenvalue weighted by Gasteiger charge is -2.16. The molecular weight excluding hydrogens is 248 g/mol. The summed E-state index contributed by atoms with van der Waals surface area (Å²) in [7, 11) is 0. The Hall–Kier alpha value is -1.67. The van der Waals surface area contributed by atoms with Gasteiger partial charge in [-0.3, -0.25) is 0 Å². The molecule has 1 rings (SSSR count). The highest BCUT2D eigenvalue weighted by Gasteiger charge is 2.07. The predicted octanol–water partition coefficient (Wildman–Crippen LogP) is 0.627. The first-order valence-corrected chi connectivity index (χ1v) is 6.39. The monoisotopic (exact) mass is 270 g/mol. The number of nitrogens with zero attached hydrogens (tertiary/aromatic N) is 3. The largest absolute Gasteiger partial charge is 0.368 e. The molecule has 5 N–H and O–H groups in total. The van der Waals surface area contributed by atoms with Gasteiger partial charge in [-0.1, -0.05) is 0 Å². The fraction of sp³-hybridized carbons (Fsp3) is 0.727. The van der Waals surface area contributed by atoms with E-state index in [1.54, 1.807) is 0 Å². The summed E-state index contributed by atoms with van der Waals surface area (Å²) < 4.78 is 10.9. The molecule has 0 atom stereocenters. The lowest BCUT2D eigenvalue weighted by Crippen LogP contribution is -2.19. The summed E-state index contributed by atoms with van der Waals surface area (Å²) in [4.78, 5) is 11.5. The van der Waals surface area contributed by atoms with Gasteiger partial charge in [0.25, 0.3) is 0 Å². The van der Waals surface area contributed by atoms with Crippen LogP contribution in [-0.2, 0) is 9.47 Å². The highest BCUT2D eigenvalue weighted by Crippen LogP contribution is 2.07. The number of anilines is 3. The fourth-order valence-electron chi connectivity index (χ4n) is 1.54. The van der Waals surface area contributed by atoms with Gasteiger partial charge in [-0.05, 0) is 20.3 Å². The van der Waals surface area contributed by atoms with E-state index in [4.69, 9.17) is 20.9 Å². The molecule has 0 spiro atoms. The number of nitrogens with one attached hydrogen (secondary N) is 1. The molecule has 0 aromatic carbocycles. The average Bonchev–Trinajstić information content (AvgIpc) is 2.34. The van der Waals surface area contributed by atoms with E-state index in [1.165, 1.54) is 0 Å². The van der Waals surface area contributed by atoms with Gasteiger partial charge in [0.1, 0.15) is 0 Å². The van der Waals surface area contributed by atoms with Crippen LogP contribution in [0.2, 0.25) is 0 Å². The van der Waals surface area contributed by atoms with E-state index in [0.717, 1.165) is 12.8 Å². The molecule has 0 radical (unpaired) electrons. The Morgan fingerprint density at radius 2 is 1.63 bits per heavy atom. The minimum absolute atomic E-state index is 0.108. The van der Waals surface area contributed by atoms with Crippen LogP contribution >= 0.6 is 0 Å². The van der Waals surface area contributed by atoms with Crippen LogP contribution in [0.1, 0.15) is 26.7 Å². The van der Waals surface area contributed by atoms with E-state index >= 15 is 0 Å². The van der Waals surface area contributed by atoms with Crippen LogP contribution in [0.4, 0.5) is 17.8 Å². The van der Waals surface area contributed by atoms with Crippen molar-refractivity contribution in [1.82, 2.24) is 15.0 Å². The third-order valence-corrected chi connectivity index (χ3v) is 2.27. The van der Waals surface area contributed by atoms with Crippen molar-refractivity contribution in [2.24, 2.45) is 0 Å². The van der Waals surface area contributed by atoms with Gasteiger partial charge in [0.05, 0.1) is 0 Å². The van der Waals surface area contributed by atoms with Gasteiger partial charge in [0, 0.05) is 26.2 Å². The number of ether oxygens (including phenoxy) is 2. The van der Waals surface area contributed by atoms with Crippen LogP contribution < -0.4 is 16.8 Å². The first-order valence-electron chi connectivity index (χ1n) is 6.39. The van der Waals surface area contributed by atoms with E-state index in [1.807, 2.05) is 13.8 Å². The standard InChI is InChI=1S/C11H22N6O2/c1-3-18-8(19-4-2)6-5-7-14-11-16-9(12)15-10(13)17-11/h8H,3-7H2,1-2H3,(H5,12,13,14,15,16,17). The molecule has 8 nitrogen and oxygen atoms in total. The molecule has 0 saturated carbocycles. The van der Waals surface area contributed by atoms with E-state index in [9.17, 15) is 0 Å². The van der Waals surface area contributed by atoms with Crippen LogP contribution in [0.5, 0.6) is 0 Å². The van der Waals surface area contributed by atoms with Crippen molar-refractivity contribution < 1.29 is 9.47 Å². The summed E-state index contributed by atoms with van der Waals surface area (Å²) in [6, 6.07) is 0. The van der Waals surface area contributed by atoms with E-state index in [-0.39, 0.29) is 18.2 Å². The zero-order valence-corrected chi connectivity index (χ0v) is 11.4. The van der Waals surface area contributed by atoms with Gasteiger partial charge in [0.2, 0.25) is 17.8 Å². The van der Waals surface area contributed by atoms with Crippen molar-refractivity contribution in [3.63, 3.8) is 0 Å². The summed E-state index contributed by atoms with van der Waals surface area (Å²) in [5.41, 5.74) is 10.9. The van der Waals surface area contributed by atoms with Gasteiger partial charge >= 0.3 is 0 Å². The van der Waals surface area contributed by atoms with Crippen LogP contribution in [-0.4, -0.2) is 41.0 Å². The Kier molecular flexibility index (Phi) is 6.83. The number of nitrogens with two attached hydrogens (primary N) is 2. The van der Waals surface area contributed by atoms with Crippen LogP contribution in [0.15, 0.2) is 0 Å². The van der Waals surface area contributed by atoms with Gasteiger partial charge in [-0.25, -0.2) is 0 Å². The summed E-state index contributed by atoms with van der Waals surface area (Å²) >= 11 is 0. The van der Waals surface area contributed by atoms with Gasteiger partial charge in [0.15, 0.2) is 6.29 Å². The summed E-state index contributed by atoms with van der Waals surface area (Å²) in [5, 5.41) is 3.03. The Balaban J connectivity index is 2.29. The van der Waals surface area contributed by atoms with Gasteiger partial charge < -0.3 is 26.3 Å². The molecule has 108 valence electrons.